The summed E-state index contributed by atoms with van der Waals surface area (Å²) in [5.41, 5.74) is 1.51. The molecule has 5 nitrogen and oxygen atoms in total. The van der Waals surface area contributed by atoms with Crippen molar-refractivity contribution in [1.82, 2.24) is 4.90 Å². The Balaban J connectivity index is 1.73. The average molecular weight is 418 g/mol. The Morgan fingerprint density at radius 1 is 1.04 bits per heavy atom. The number of carbonyl (C=O) groups excluding carboxylic acids is 2. The SMILES string of the molecule is O=C(Cc1ccc(Br)cc1)O[C@@H](C(=O)N1CCOCC1)c1ccccc1. The number of carbonyl (C=O) groups is 2. The molecule has 136 valence electrons. The van der Waals surface area contributed by atoms with Gasteiger partial charge in [0.15, 0.2) is 0 Å². The molecule has 3 rings (SSSR count). The lowest BCUT2D eigenvalue weighted by atomic mass is 10.1. The summed E-state index contributed by atoms with van der Waals surface area (Å²) in [6, 6.07) is 16.6. The molecule has 1 aliphatic rings. The fraction of sp³-hybridized carbons (Fsp3) is 0.300. The third kappa shape index (κ3) is 4.93. The molecule has 0 saturated carbocycles. The van der Waals surface area contributed by atoms with Crippen molar-refractivity contribution < 1.29 is 19.1 Å². The molecule has 1 amide bonds. The maximum absolute atomic E-state index is 12.9. The molecular formula is C20H20BrNO4. The van der Waals surface area contributed by atoms with Crippen molar-refractivity contribution in [2.24, 2.45) is 0 Å². The molecule has 0 unspecified atom stereocenters. The van der Waals surface area contributed by atoms with Gasteiger partial charge in [-0.05, 0) is 17.7 Å². The highest BCUT2D eigenvalue weighted by atomic mass is 79.9. The summed E-state index contributed by atoms with van der Waals surface area (Å²) in [7, 11) is 0. The Morgan fingerprint density at radius 2 is 1.69 bits per heavy atom. The molecule has 2 aromatic carbocycles. The third-order valence-corrected chi connectivity index (χ3v) is 4.69. The van der Waals surface area contributed by atoms with Crippen LogP contribution in [0.3, 0.4) is 0 Å². The van der Waals surface area contributed by atoms with Crippen LogP contribution in [0.5, 0.6) is 0 Å². The molecule has 0 N–H and O–H groups in total. The molecule has 2 aromatic rings. The largest absolute Gasteiger partial charge is 0.447 e. The number of benzene rings is 2. The van der Waals surface area contributed by atoms with E-state index in [-0.39, 0.29) is 12.3 Å². The minimum absolute atomic E-state index is 0.118. The number of hydrogen-bond acceptors (Lipinski definition) is 4. The van der Waals surface area contributed by atoms with Crippen molar-refractivity contribution in [1.29, 1.82) is 0 Å². The van der Waals surface area contributed by atoms with Gasteiger partial charge in [0.25, 0.3) is 5.91 Å². The van der Waals surface area contributed by atoms with E-state index in [2.05, 4.69) is 15.9 Å². The Bertz CT molecular complexity index is 742. The van der Waals surface area contributed by atoms with Crippen LogP contribution in [-0.4, -0.2) is 43.1 Å². The zero-order chi connectivity index (χ0) is 18.4. The molecule has 0 bridgehead atoms. The summed E-state index contributed by atoms with van der Waals surface area (Å²) >= 11 is 3.37. The second-order valence-electron chi connectivity index (χ2n) is 6.02. The first-order chi connectivity index (χ1) is 12.6. The average Bonchev–Trinajstić information content (AvgIpc) is 2.69. The van der Waals surface area contributed by atoms with E-state index < -0.39 is 12.1 Å². The quantitative estimate of drug-likeness (QED) is 0.701. The Labute approximate surface area is 161 Å². The number of amides is 1. The van der Waals surface area contributed by atoms with Crippen molar-refractivity contribution >= 4 is 27.8 Å². The standard InChI is InChI=1S/C20H20BrNO4/c21-17-8-6-15(7-9-17)14-18(23)26-19(16-4-2-1-3-5-16)20(24)22-10-12-25-13-11-22/h1-9,19H,10-14H2/t19-/m1/s1. The summed E-state index contributed by atoms with van der Waals surface area (Å²) in [5, 5.41) is 0. The van der Waals surface area contributed by atoms with Gasteiger partial charge in [-0.3, -0.25) is 9.59 Å². The highest BCUT2D eigenvalue weighted by Crippen LogP contribution is 2.22. The van der Waals surface area contributed by atoms with E-state index in [9.17, 15) is 9.59 Å². The van der Waals surface area contributed by atoms with Gasteiger partial charge >= 0.3 is 5.97 Å². The van der Waals surface area contributed by atoms with Crippen LogP contribution < -0.4 is 0 Å². The van der Waals surface area contributed by atoms with Crippen LogP contribution in [0.15, 0.2) is 59.1 Å². The maximum atomic E-state index is 12.9. The van der Waals surface area contributed by atoms with Crippen LogP contribution in [0.1, 0.15) is 17.2 Å². The third-order valence-electron chi connectivity index (χ3n) is 4.16. The van der Waals surface area contributed by atoms with Gasteiger partial charge in [-0.25, -0.2) is 0 Å². The molecular weight excluding hydrogens is 398 g/mol. The highest BCUT2D eigenvalue weighted by molar-refractivity contribution is 9.10. The molecule has 0 aliphatic carbocycles. The zero-order valence-corrected chi connectivity index (χ0v) is 15.9. The normalized spacial score (nSPS) is 15.3. The number of halogens is 1. The van der Waals surface area contributed by atoms with Crippen LogP contribution in [-0.2, 0) is 25.5 Å². The number of rotatable bonds is 5. The lowest BCUT2D eigenvalue weighted by Gasteiger charge is -2.30. The van der Waals surface area contributed by atoms with Crippen molar-refractivity contribution in [2.45, 2.75) is 12.5 Å². The molecule has 0 spiro atoms. The van der Waals surface area contributed by atoms with Gasteiger partial charge in [-0.2, -0.15) is 0 Å². The minimum Gasteiger partial charge on any atom is -0.447 e. The Morgan fingerprint density at radius 3 is 2.35 bits per heavy atom. The predicted octanol–water partition coefficient (Wildman–Crippen LogP) is 3.13. The first-order valence-corrected chi connectivity index (χ1v) is 9.28. The predicted molar refractivity (Wildman–Crippen MR) is 101 cm³/mol. The van der Waals surface area contributed by atoms with Gasteiger partial charge in [0.2, 0.25) is 6.10 Å². The molecule has 0 aromatic heterocycles. The first-order valence-electron chi connectivity index (χ1n) is 8.49. The molecule has 26 heavy (non-hydrogen) atoms. The minimum atomic E-state index is -0.933. The molecule has 1 atom stereocenters. The van der Waals surface area contributed by atoms with Crippen LogP contribution in [0, 0.1) is 0 Å². The molecule has 1 heterocycles. The molecule has 6 heteroatoms. The molecule has 1 aliphatic heterocycles. The van der Waals surface area contributed by atoms with E-state index in [1.54, 1.807) is 17.0 Å². The van der Waals surface area contributed by atoms with E-state index in [1.165, 1.54) is 0 Å². The molecule has 1 fully saturated rings. The van der Waals surface area contributed by atoms with E-state index in [1.807, 2.05) is 42.5 Å². The highest BCUT2D eigenvalue weighted by Gasteiger charge is 2.30. The topological polar surface area (TPSA) is 55.8 Å². The Kier molecular flexibility index (Phi) is 6.41. The van der Waals surface area contributed by atoms with Crippen LogP contribution >= 0.6 is 15.9 Å². The summed E-state index contributed by atoms with van der Waals surface area (Å²) in [4.78, 5) is 27.0. The van der Waals surface area contributed by atoms with Crippen molar-refractivity contribution in [3.63, 3.8) is 0 Å². The first kappa shape index (κ1) is 18.6. The number of ether oxygens (including phenoxy) is 2. The van der Waals surface area contributed by atoms with Crippen molar-refractivity contribution in [3.05, 3.63) is 70.2 Å². The van der Waals surface area contributed by atoms with E-state index in [0.29, 0.717) is 31.9 Å². The second kappa shape index (κ2) is 8.96. The number of esters is 1. The number of nitrogens with zero attached hydrogens (tertiary/aromatic N) is 1. The van der Waals surface area contributed by atoms with Crippen LogP contribution in [0.25, 0.3) is 0 Å². The van der Waals surface area contributed by atoms with Crippen LogP contribution in [0.2, 0.25) is 0 Å². The second-order valence-corrected chi connectivity index (χ2v) is 6.94. The van der Waals surface area contributed by atoms with E-state index >= 15 is 0 Å². The number of morpholine rings is 1. The van der Waals surface area contributed by atoms with E-state index in [4.69, 9.17) is 9.47 Å². The van der Waals surface area contributed by atoms with Crippen molar-refractivity contribution in [3.8, 4) is 0 Å². The fourth-order valence-corrected chi connectivity index (χ4v) is 3.04. The maximum Gasteiger partial charge on any atom is 0.311 e. The van der Waals surface area contributed by atoms with Crippen LogP contribution in [0.4, 0.5) is 0 Å². The van der Waals surface area contributed by atoms with Gasteiger partial charge in [-0.15, -0.1) is 0 Å². The van der Waals surface area contributed by atoms with Gasteiger partial charge < -0.3 is 14.4 Å². The van der Waals surface area contributed by atoms with Gasteiger partial charge in [0.1, 0.15) is 0 Å². The smallest absolute Gasteiger partial charge is 0.311 e. The Hall–Kier alpha value is -2.18. The van der Waals surface area contributed by atoms with Gasteiger partial charge in [-0.1, -0.05) is 58.4 Å². The zero-order valence-electron chi connectivity index (χ0n) is 14.3. The monoisotopic (exact) mass is 417 g/mol. The summed E-state index contributed by atoms with van der Waals surface area (Å²) in [6.45, 7) is 2.01. The fourth-order valence-electron chi connectivity index (χ4n) is 2.78. The van der Waals surface area contributed by atoms with Gasteiger partial charge in [0.05, 0.1) is 19.6 Å². The van der Waals surface area contributed by atoms with Gasteiger partial charge in [0, 0.05) is 23.1 Å². The molecule has 1 saturated heterocycles. The van der Waals surface area contributed by atoms with Crippen molar-refractivity contribution in [2.75, 3.05) is 26.3 Å². The van der Waals surface area contributed by atoms with E-state index in [0.717, 1.165) is 10.0 Å². The lowest BCUT2D eigenvalue weighted by Crippen LogP contribution is -2.44. The summed E-state index contributed by atoms with van der Waals surface area (Å²) < 4.78 is 11.8. The number of hydrogen-bond donors (Lipinski definition) is 0. The summed E-state index contributed by atoms with van der Waals surface area (Å²) in [5.74, 6) is -0.633. The summed E-state index contributed by atoms with van der Waals surface area (Å²) in [6.07, 6.45) is -0.815. The molecule has 0 radical (unpaired) electrons. The lowest BCUT2D eigenvalue weighted by molar-refractivity contribution is -0.162.